The van der Waals surface area contributed by atoms with Crippen molar-refractivity contribution in [2.45, 2.75) is 25.8 Å². The first kappa shape index (κ1) is 18.0. The second kappa shape index (κ2) is 7.23. The number of amides is 1. The molecule has 0 radical (unpaired) electrons. The van der Waals surface area contributed by atoms with Gasteiger partial charge in [0.15, 0.2) is 10.8 Å². The number of anilines is 1. The molecule has 0 aliphatic carbocycles. The number of thiazole rings is 1. The van der Waals surface area contributed by atoms with Gasteiger partial charge in [-0.1, -0.05) is 23.2 Å². The molecule has 3 rings (SSSR count). The number of carbonyl (C=O) groups is 2. The summed E-state index contributed by atoms with van der Waals surface area (Å²) in [5.41, 5.74) is 0.992. The minimum Gasteiger partial charge on any atom is -0.476 e. The Labute approximate surface area is 158 Å². The largest absolute Gasteiger partial charge is 0.476 e. The lowest BCUT2D eigenvalue weighted by Crippen LogP contribution is -2.44. The zero-order valence-electron chi connectivity index (χ0n) is 13.3. The molecule has 1 saturated heterocycles. The molecule has 134 valence electrons. The number of carboxylic acid groups (broad SMARTS) is 1. The molecule has 0 spiro atoms. The van der Waals surface area contributed by atoms with E-state index in [0.717, 1.165) is 12.8 Å². The number of halogens is 2. The zero-order chi connectivity index (χ0) is 18.1. The summed E-state index contributed by atoms with van der Waals surface area (Å²) in [5, 5.41) is 14.7. The first-order chi connectivity index (χ1) is 11.9. The normalized spacial score (nSPS) is 15.4. The molecule has 1 amide bonds. The van der Waals surface area contributed by atoms with E-state index < -0.39 is 5.97 Å². The maximum Gasteiger partial charge on any atom is 0.355 e. The van der Waals surface area contributed by atoms with E-state index in [0.29, 0.717) is 28.9 Å². The number of carbonyl (C=O) groups excluding carboxylic acids is 1. The Morgan fingerprint density at radius 3 is 2.56 bits per heavy atom. The van der Waals surface area contributed by atoms with E-state index in [9.17, 15) is 9.59 Å². The van der Waals surface area contributed by atoms with E-state index in [1.54, 1.807) is 6.92 Å². The first-order valence-corrected chi connectivity index (χ1v) is 9.28. The minimum absolute atomic E-state index is 0.0149. The van der Waals surface area contributed by atoms with Crippen LogP contribution in [0.15, 0.2) is 5.38 Å². The number of aromatic amines is 1. The molecule has 1 aliphatic heterocycles. The number of hydrogen-bond donors (Lipinski definition) is 3. The Morgan fingerprint density at radius 2 is 2.04 bits per heavy atom. The molecular formula is C15H16Cl2N4O3S. The summed E-state index contributed by atoms with van der Waals surface area (Å²) in [6.45, 7) is 3.13. The molecule has 2 aromatic heterocycles. The first-order valence-electron chi connectivity index (χ1n) is 7.65. The molecule has 25 heavy (non-hydrogen) atoms. The van der Waals surface area contributed by atoms with Gasteiger partial charge in [0, 0.05) is 30.2 Å². The SMILES string of the molecule is Cc1[nH]c(C(=O)NC2CCN(c3nc(C(=O)O)cs3)CC2)c(Cl)c1Cl. The van der Waals surface area contributed by atoms with Crippen LogP contribution in [0.1, 0.15) is 39.5 Å². The van der Waals surface area contributed by atoms with Gasteiger partial charge in [-0.15, -0.1) is 11.3 Å². The zero-order valence-corrected chi connectivity index (χ0v) is 15.6. The molecule has 1 fully saturated rings. The van der Waals surface area contributed by atoms with Crippen LogP contribution in [0.2, 0.25) is 10.0 Å². The number of nitrogens with zero attached hydrogens (tertiary/aromatic N) is 2. The van der Waals surface area contributed by atoms with Gasteiger partial charge in [0.05, 0.1) is 10.0 Å². The highest BCUT2D eigenvalue weighted by molar-refractivity contribution is 7.13. The van der Waals surface area contributed by atoms with E-state index in [-0.39, 0.29) is 28.4 Å². The number of hydrogen-bond acceptors (Lipinski definition) is 5. The Kier molecular flexibility index (Phi) is 5.21. The second-order valence-electron chi connectivity index (χ2n) is 5.81. The van der Waals surface area contributed by atoms with Crippen molar-refractivity contribution < 1.29 is 14.7 Å². The molecule has 0 bridgehead atoms. The van der Waals surface area contributed by atoms with Gasteiger partial charge in [-0.05, 0) is 19.8 Å². The Morgan fingerprint density at radius 1 is 1.36 bits per heavy atom. The van der Waals surface area contributed by atoms with Crippen molar-refractivity contribution in [1.29, 1.82) is 0 Å². The maximum absolute atomic E-state index is 12.4. The van der Waals surface area contributed by atoms with Gasteiger partial charge in [0.2, 0.25) is 0 Å². The third-order valence-electron chi connectivity index (χ3n) is 4.09. The van der Waals surface area contributed by atoms with Gasteiger partial charge in [0.1, 0.15) is 5.69 Å². The van der Waals surface area contributed by atoms with Crippen LogP contribution in [0.5, 0.6) is 0 Å². The molecule has 0 saturated carbocycles. The molecule has 2 aromatic rings. The van der Waals surface area contributed by atoms with Gasteiger partial charge in [-0.25, -0.2) is 9.78 Å². The summed E-state index contributed by atoms with van der Waals surface area (Å²) < 4.78 is 0. The van der Waals surface area contributed by atoms with Gasteiger partial charge < -0.3 is 20.3 Å². The summed E-state index contributed by atoms with van der Waals surface area (Å²) in [4.78, 5) is 32.3. The highest BCUT2D eigenvalue weighted by Gasteiger charge is 2.25. The highest BCUT2D eigenvalue weighted by atomic mass is 35.5. The fourth-order valence-electron chi connectivity index (χ4n) is 2.71. The van der Waals surface area contributed by atoms with Gasteiger partial charge in [0.25, 0.3) is 5.91 Å². The smallest absolute Gasteiger partial charge is 0.355 e. The Bertz CT molecular complexity index is 812. The van der Waals surface area contributed by atoms with Crippen molar-refractivity contribution in [3.8, 4) is 0 Å². The van der Waals surface area contributed by atoms with E-state index >= 15 is 0 Å². The second-order valence-corrected chi connectivity index (χ2v) is 7.40. The molecule has 0 unspecified atom stereocenters. The monoisotopic (exact) mass is 402 g/mol. The van der Waals surface area contributed by atoms with Crippen LogP contribution < -0.4 is 10.2 Å². The third-order valence-corrected chi connectivity index (χ3v) is 5.94. The number of nitrogens with one attached hydrogen (secondary N) is 2. The number of aryl methyl sites for hydroxylation is 1. The lowest BCUT2D eigenvalue weighted by atomic mass is 10.1. The number of rotatable bonds is 4. The highest BCUT2D eigenvalue weighted by Crippen LogP contribution is 2.29. The lowest BCUT2D eigenvalue weighted by Gasteiger charge is -2.32. The van der Waals surface area contributed by atoms with Crippen molar-refractivity contribution in [3.63, 3.8) is 0 Å². The van der Waals surface area contributed by atoms with Crippen molar-refractivity contribution in [2.24, 2.45) is 0 Å². The van der Waals surface area contributed by atoms with Crippen LogP contribution in [0.25, 0.3) is 0 Å². The van der Waals surface area contributed by atoms with Gasteiger partial charge in [-0.2, -0.15) is 0 Å². The number of H-pyrrole nitrogens is 1. The Hall–Kier alpha value is -1.77. The van der Waals surface area contributed by atoms with Crippen molar-refractivity contribution in [1.82, 2.24) is 15.3 Å². The van der Waals surface area contributed by atoms with Crippen molar-refractivity contribution in [2.75, 3.05) is 18.0 Å². The fourth-order valence-corrected chi connectivity index (χ4v) is 3.98. The number of aromatic nitrogens is 2. The molecule has 0 atom stereocenters. The summed E-state index contributed by atoms with van der Waals surface area (Å²) in [5.74, 6) is -1.30. The average molecular weight is 403 g/mol. The summed E-state index contributed by atoms with van der Waals surface area (Å²) in [7, 11) is 0. The molecule has 1 aliphatic rings. The fraction of sp³-hybridized carbons (Fsp3) is 0.400. The standard InChI is InChI=1S/C15H16Cl2N4O3S/c1-7-10(16)11(17)12(18-7)13(22)19-8-2-4-21(5-3-8)15-20-9(6-25-15)14(23)24/h6,8,18H,2-5H2,1H3,(H,19,22)(H,23,24). The summed E-state index contributed by atoms with van der Waals surface area (Å²) in [6.07, 6.45) is 1.47. The molecule has 10 heteroatoms. The topological polar surface area (TPSA) is 98.3 Å². The van der Waals surface area contributed by atoms with E-state index in [4.69, 9.17) is 28.3 Å². The predicted molar refractivity (Wildman–Crippen MR) is 97.3 cm³/mol. The van der Waals surface area contributed by atoms with Gasteiger partial charge >= 0.3 is 5.97 Å². The predicted octanol–water partition coefficient (Wildman–Crippen LogP) is 3.18. The lowest BCUT2D eigenvalue weighted by molar-refractivity contribution is 0.0691. The molecule has 3 heterocycles. The van der Waals surface area contributed by atoms with Crippen LogP contribution in [-0.2, 0) is 0 Å². The number of piperidine rings is 1. The molecule has 3 N–H and O–H groups in total. The summed E-state index contributed by atoms with van der Waals surface area (Å²) in [6, 6.07) is 0.0149. The number of carboxylic acids is 1. The van der Waals surface area contributed by atoms with Crippen LogP contribution in [0.4, 0.5) is 5.13 Å². The number of aromatic carboxylic acids is 1. The maximum atomic E-state index is 12.4. The molecular weight excluding hydrogens is 387 g/mol. The average Bonchev–Trinajstić information content (AvgIpc) is 3.17. The van der Waals surface area contributed by atoms with E-state index in [1.165, 1.54) is 16.7 Å². The minimum atomic E-state index is -1.03. The van der Waals surface area contributed by atoms with Crippen LogP contribution in [0, 0.1) is 6.92 Å². The van der Waals surface area contributed by atoms with Crippen molar-refractivity contribution >= 4 is 51.5 Å². The van der Waals surface area contributed by atoms with Crippen LogP contribution in [0.3, 0.4) is 0 Å². The van der Waals surface area contributed by atoms with Crippen LogP contribution >= 0.6 is 34.5 Å². The van der Waals surface area contributed by atoms with E-state index in [1.807, 2.05) is 4.90 Å². The van der Waals surface area contributed by atoms with Crippen LogP contribution in [-0.4, -0.2) is 46.1 Å². The molecule has 7 nitrogen and oxygen atoms in total. The van der Waals surface area contributed by atoms with Crippen molar-refractivity contribution in [3.05, 3.63) is 32.5 Å². The quantitative estimate of drug-likeness (QED) is 0.729. The van der Waals surface area contributed by atoms with E-state index in [2.05, 4.69) is 15.3 Å². The third kappa shape index (κ3) is 3.75. The van der Waals surface area contributed by atoms with Gasteiger partial charge in [-0.3, -0.25) is 4.79 Å². The molecule has 0 aromatic carbocycles. The Balaban J connectivity index is 1.57. The summed E-state index contributed by atoms with van der Waals surface area (Å²) >= 11 is 13.4.